The summed E-state index contributed by atoms with van der Waals surface area (Å²) in [6.07, 6.45) is 5.90. The van der Waals surface area contributed by atoms with Gasteiger partial charge in [0.15, 0.2) is 0 Å². The van der Waals surface area contributed by atoms with Crippen LogP contribution in [0.5, 0.6) is 0 Å². The molecule has 1 fully saturated rings. The molecule has 1 aliphatic carbocycles. The molecule has 4 heteroatoms. The summed E-state index contributed by atoms with van der Waals surface area (Å²) >= 11 is 1.94. The quantitative estimate of drug-likeness (QED) is 0.862. The number of allylic oxidation sites excluding steroid dienone is 1. The van der Waals surface area contributed by atoms with Crippen LogP contribution in [-0.4, -0.2) is 31.6 Å². The van der Waals surface area contributed by atoms with E-state index in [0.29, 0.717) is 12.3 Å². The number of hydrogen-bond acceptors (Lipinski definition) is 3. The molecule has 0 bridgehead atoms. The minimum atomic E-state index is 0.0564. The predicted octanol–water partition coefficient (Wildman–Crippen LogP) is 3.69. The van der Waals surface area contributed by atoms with Gasteiger partial charge in [-0.3, -0.25) is 0 Å². The summed E-state index contributed by atoms with van der Waals surface area (Å²) < 4.78 is 14.1. The molecule has 0 aromatic carbocycles. The fourth-order valence-electron chi connectivity index (χ4n) is 3.49. The van der Waals surface area contributed by atoms with Crippen molar-refractivity contribution in [2.45, 2.75) is 38.0 Å². The summed E-state index contributed by atoms with van der Waals surface area (Å²) in [6.45, 7) is 5.00. The number of rotatable bonds is 6. The molecule has 3 rings (SSSR count). The Kier molecular flexibility index (Phi) is 4.36. The number of halogens is 1. The van der Waals surface area contributed by atoms with E-state index in [0.717, 1.165) is 26.1 Å². The van der Waals surface area contributed by atoms with Crippen molar-refractivity contribution in [2.24, 2.45) is 5.92 Å². The first-order valence-electron chi connectivity index (χ1n) is 8.02. The molecule has 1 aromatic heterocycles. The van der Waals surface area contributed by atoms with Crippen molar-refractivity contribution in [2.75, 3.05) is 26.7 Å². The number of aryl methyl sites for hydroxylation is 1. The Bertz CT molecular complexity index is 519. The van der Waals surface area contributed by atoms with E-state index in [1.165, 1.54) is 22.6 Å². The highest BCUT2D eigenvalue weighted by atomic mass is 32.1. The SMILES string of the molecule is CCc1ccc(C2(C3CC(F)=CN(CCNC)C3)CC2)s1. The topological polar surface area (TPSA) is 15.3 Å². The lowest BCUT2D eigenvalue weighted by Crippen LogP contribution is -2.38. The van der Waals surface area contributed by atoms with Gasteiger partial charge in [0.05, 0.1) is 0 Å². The van der Waals surface area contributed by atoms with Crippen LogP contribution in [0, 0.1) is 5.92 Å². The normalized spacial score (nSPS) is 24.0. The van der Waals surface area contributed by atoms with Gasteiger partial charge in [-0.1, -0.05) is 6.92 Å². The zero-order valence-electron chi connectivity index (χ0n) is 13.0. The summed E-state index contributed by atoms with van der Waals surface area (Å²) in [6, 6.07) is 4.55. The second-order valence-electron chi connectivity index (χ2n) is 6.35. The molecule has 0 radical (unpaired) electrons. The Hall–Kier alpha value is -0.870. The number of thiophene rings is 1. The van der Waals surface area contributed by atoms with Gasteiger partial charge in [-0.2, -0.15) is 0 Å². The fraction of sp³-hybridized carbons (Fsp3) is 0.647. The summed E-state index contributed by atoms with van der Waals surface area (Å²) in [5.74, 6) is 0.489. The van der Waals surface area contributed by atoms with Crippen molar-refractivity contribution < 1.29 is 4.39 Å². The van der Waals surface area contributed by atoms with Gasteiger partial charge in [0.1, 0.15) is 5.83 Å². The van der Waals surface area contributed by atoms with Crippen LogP contribution in [-0.2, 0) is 11.8 Å². The smallest absolute Gasteiger partial charge is 0.116 e. The van der Waals surface area contributed by atoms with Crippen molar-refractivity contribution >= 4 is 11.3 Å². The van der Waals surface area contributed by atoms with E-state index in [-0.39, 0.29) is 11.2 Å². The molecular formula is C17H25FN2S. The molecule has 1 aromatic rings. The Morgan fingerprint density at radius 2 is 2.24 bits per heavy atom. The van der Waals surface area contributed by atoms with Gasteiger partial charge in [-0.25, -0.2) is 4.39 Å². The first kappa shape index (κ1) is 15.0. The number of nitrogens with zero attached hydrogens (tertiary/aromatic N) is 1. The van der Waals surface area contributed by atoms with Crippen molar-refractivity contribution in [3.05, 3.63) is 33.9 Å². The van der Waals surface area contributed by atoms with Crippen molar-refractivity contribution in [1.29, 1.82) is 0 Å². The zero-order valence-corrected chi connectivity index (χ0v) is 13.8. The van der Waals surface area contributed by atoms with Gasteiger partial charge in [0.25, 0.3) is 0 Å². The van der Waals surface area contributed by atoms with Crippen molar-refractivity contribution in [3.63, 3.8) is 0 Å². The monoisotopic (exact) mass is 308 g/mol. The van der Waals surface area contributed by atoms with E-state index in [1.807, 2.05) is 18.4 Å². The first-order valence-corrected chi connectivity index (χ1v) is 8.83. The number of nitrogens with one attached hydrogen (secondary N) is 1. The third-order valence-corrected chi connectivity index (χ3v) is 6.39. The highest BCUT2D eigenvalue weighted by molar-refractivity contribution is 7.12. The molecule has 2 nitrogen and oxygen atoms in total. The van der Waals surface area contributed by atoms with E-state index >= 15 is 0 Å². The van der Waals surface area contributed by atoms with Crippen LogP contribution in [0.4, 0.5) is 4.39 Å². The van der Waals surface area contributed by atoms with Crippen LogP contribution in [0.25, 0.3) is 0 Å². The van der Waals surface area contributed by atoms with E-state index in [4.69, 9.17) is 0 Å². The standard InChI is InChI=1S/C17H25FN2S/c1-3-15-4-5-16(21-15)17(6-7-17)13-10-14(18)12-20(11-13)9-8-19-2/h4-5,12-13,19H,3,6-11H2,1-2H3. The minimum absolute atomic E-state index is 0.0564. The highest BCUT2D eigenvalue weighted by Crippen LogP contribution is 2.58. The summed E-state index contributed by atoms with van der Waals surface area (Å²) in [4.78, 5) is 5.11. The fourth-order valence-corrected chi connectivity index (χ4v) is 4.77. The molecule has 2 heterocycles. The molecule has 1 N–H and O–H groups in total. The molecule has 1 aliphatic heterocycles. The van der Waals surface area contributed by atoms with Crippen LogP contribution >= 0.6 is 11.3 Å². The lowest BCUT2D eigenvalue weighted by molar-refractivity contribution is 0.225. The Balaban J connectivity index is 1.75. The predicted molar refractivity (Wildman–Crippen MR) is 87.4 cm³/mol. The molecule has 0 spiro atoms. The molecule has 1 unspecified atom stereocenters. The number of hydrogen-bond donors (Lipinski definition) is 1. The largest absolute Gasteiger partial charge is 0.374 e. The maximum atomic E-state index is 14.1. The first-order chi connectivity index (χ1) is 10.2. The van der Waals surface area contributed by atoms with Crippen LogP contribution in [0.3, 0.4) is 0 Å². The van der Waals surface area contributed by atoms with E-state index in [2.05, 4.69) is 29.3 Å². The minimum Gasteiger partial charge on any atom is -0.374 e. The third-order valence-electron chi connectivity index (χ3n) is 4.94. The molecule has 116 valence electrons. The average Bonchev–Trinajstić information content (AvgIpc) is 3.16. The molecule has 1 atom stereocenters. The van der Waals surface area contributed by atoms with Gasteiger partial charge >= 0.3 is 0 Å². The van der Waals surface area contributed by atoms with E-state index in [1.54, 1.807) is 6.20 Å². The molecule has 0 saturated heterocycles. The molecule has 2 aliphatic rings. The van der Waals surface area contributed by atoms with Gasteiger partial charge in [0, 0.05) is 47.4 Å². The average molecular weight is 308 g/mol. The summed E-state index contributed by atoms with van der Waals surface area (Å²) in [7, 11) is 1.95. The van der Waals surface area contributed by atoms with Crippen LogP contribution in [0.2, 0.25) is 0 Å². The van der Waals surface area contributed by atoms with Crippen LogP contribution < -0.4 is 5.32 Å². The number of likely N-dealkylation sites (N-methyl/N-ethyl adjacent to an activating group) is 1. The Morgan fingerprint density at radius 3 is 2.86 bits per heavy atom. The van der Waals surface area contributed by atoms with E-state index < -0.39 is 0 Å². The lowest BCUT2D eigenvalue weighted by atomic mass is 9.83. The van der Waals surface area contributed by atoms with Gasteiger partial charge < -0.3 is 10.2 Å². The van der Waals surface area contributed by atoms with Crippen molar-refractivity contribution in [3.8, 4) is 0 Å². The van der Waals surface area contributed by atoms with Gasteiger partial charge in [-0.05, 0) is 44.4 Å². The highest BCUT2D eigenvalue weighted by Gasteiger charge is 2.52. The van der Waals surface area contributed by atoms with E-state index in [9.17, 15) is 4.39 Å². The third kappa shape index (κ3) is 3.02. The maximum Gasteiger partial charge on any atom is 0.116 e. The lowest BCUT2D eigenvalue weighted by Gasteiger charge is -2.35. The molecule has 1 saturated carbocycles. The summed E-state index contributed by atoms with van der Waals surface area (Å²) in [5, 5.41) is 3.15. The Labute approximate surface area is 131 Å². The molecule has 21 heavy (non-hydrogen) atoms. The van der Waals surface area contributed by atoms with Crippen LogP contribution in [0.15, 0.2) is 24.2 Å². The second-order valence-corrected chi connectivity index (χ2v) is 7.52. The molecular weight excluding hydrogens is 283 g/mol. The van der Waals surface area contributed by atoms with Gasteiger partial charge in [0.2, 0.25) is 0 Å². The van der Waals surface area contributed by atoms with Crippen molar-refractivity contribution in [1.82, 2.24) is 10.2 Å². The zero-order chi connectivity index (χ0) is 14.9. The van der Waals surface area contributed by atoms with Crippen LogP contribution in [0.1, 0.15) is 35.9 Å². The summed E-state index contributed by atoms with van der Waals surface area (Å²) in [5.41, 5.74) is 0.265. The second kappa shape index (κ2) is 6.09. The Morgan fingerprint density at radius 1 is 1.43 bits per heavy atom. The van der Waals surface area contributed by atoms with Gasteiger partial charge in [-0.15, -0.1) is 11.3 Å². The maximum absolute atomic E-state index is 14.1. The molecule has 0 amide bonds.